The van der Waals surface area contributed by atoms with Crippen molar-refractivity contribution in [1.29, 1.82) is 0 Å². The van der Waals surface area contributed by atoms with Crippen molar-refractivity contribution < 1.29 is 17.2 Å². The number of sulfone groups is 1. The first kappa shape index (κ1) is 22.9. The standard InChI is InChI=1S/C24H19Cl2F2NO2S/c25-20-5-1-18(2-6-20)24(19-3-7-21(26)8-4-19)29-12-17(13-29)15-32(30,31)14-16-9-22(27)11-23(28)10-16/h1-11,15,24H,12-14H2. The van der Waals surface area contributed by atoms with Crippen LogP contribution in [0.3, 0.4) is 0 Å². The summed E-state index contributed by atoms with van der Waals surface area (Å²) >= 11 is 12.1. The molecule has 32 heavy (non-hydrogen) atoms. The first-order chi connectivity index (χ1) is 15.2. The monoisotopic (exact) mass is 493 g/mol. The summed E-state index contributed by atoms with van der Waals surface area (Å²) < 4.78 is 51.9. The maximum Gasteiger partial charge on any atom is 0.175 e. The molecule has 3 aromatic rings. The Morgan fingerprint density at radius 2 is 1.31 bits per heavy atom. The van der Waals surface area contributed by atoms with Gasteiger partial charge in [0.2, 0.25) is 0 Å². The number of benzene rings is 3. The van der Waals surface area contributed by atoms with Gasteiger partial charge in [0.25, 0.3) is 0 Å². The zero-order valence-corrected chi connectivity index (χ0v) is 19.1. The summed E-state index contributed by atoms with van der Waals surface area (Å²) in [6, 6.07) is 17.7. The Labute approximate surface area is 195 Å². The molecule has 1 aliphatic heterocycles. The number of likely N-dealkylation sites (tertiary alicyclic amines) is 1. The Morgan fingerprint density at radius 3 is 1.78 bits per heavy atom. The van der Waals surface area contributed by atoms with E-state index in [4.69, 9.17) is 23.2 Å². The van der Waals surface area contributed by atoms with Crippen molar-refractivity contribution in [2.45, 2.75) is 11.8 Å². The lowest BCUT2D eigenvalue weighted by molar-refractivity contribution is 0.202. The molecule has 3 nitrogen and oxygen atoms in total. The summed E-state index contributed by atoms with van der Waals surface area (Å²) in [4.78, 5) is 2.13. The molecule has 166 valence electrons. The molecule has 0 bridgehead atoms. The van der Waals surface area contributed by atoms with Crippen molar-refractivity contribution in [3.63, 3.8) is 0 Å². The Balaban J connectivity index is 1.53. The third-order valence-corrected chi connectivity index (χ3v) is 7.12. The van der Waals surface area contributed by atoms with E-state index in [0.29, 0.717) is 29.2 Å². The lowest BCUT2D eigenvalue weighted by Crippen LogP contribution is -2.43. The second-order valence-electron chi connectivity index (χ2n) is 7.77. The summed E-state index contributed by atoms with van der Waals surface area (Å²) in [5, 5.41) is 2.48. The van der Waals surface area contributed by atoms with Crippen LogP contribution in [0.1, 0.15) is 22.7 Å². The SMILES string of the molecule is O=S(=O)(C=C1CN(C(c2ccc(Cl)cc2)c2ccc(Cl)cc2)C1)Cc1cc(F)cc(F)c1. The van der Waals surface area contributed by atoms with Gasteiger partial charge in [-0.1, -0.05) is 47.5 Å². The quantitative estimate of drug-likeness (QED) is 0.411. The summed E-state index contributed by atoms with van der Waals surface area (Å²) in [7, 11) is -3.67. The molecule has 1 heterocycles. The molecule has 0 saturated carbocycles. The van der Waals surface area contributed by atoms with E-state index < -0.39 is 27.2 Å². The van der Waals surface area contributed by atoms with Crippen LogP contribution in [0.25, 0.3) is 0 Å². The fourth-order valence-electron chi connectivity index (χ4n) is 3.86. The lowest BCUT2D eigenvalue weighted by Gasteiger charge is -2.41. The molecule has 8 heteroatoms. The van der Waals surface area contributed by atoms with Crippen molar-refractivity contribution in [3.8, 4) is 0 Å². The van der Waals surface area contributed by atoms with Gasteiger partial charge in [-0.25, -0.2) is 17.2 Å². The number of nitrogens with zero attached hydrogens (tertiary/aromatic N) is 1. The van der Waals surface area contributed by atoms with E-state index in [2.05, 4.69) is 4.90 Å². The highest BCUT2D eigenvalue weighted by Crippen LogP contribution is 2.35. The second kappa shape index (κ2) is 9.32. The van der Waals surface area contributed by atoms with Crippen LogP contribution in [0.2, 0.25) is 10.0 Å². The minimum absolute atomic E-state index is 0.0794. The largest absolute Gasteiger partial charge is 0.284 e. The average Bonchev–Trinajstić information content (AvgIpc) is 2.67. The third-order valence-electron chi connectivity index (χ3n) is 5.19. The van der Waals surface area contributed by atoms with Gasteiger partial charge in [-0.05, 0) is 58.7 Å². The molecule has 0 unspecified atom stereocenters. The fourth-order valence-corrected chi connectivity index (χ4v) is 5.48. The maximum absolute atomic E-state index is 13.4. The predicted octanol–water partition coefficient (Wildman–Crippen LogP) is 6.18. The highest BCUT2D eigenvalue weighted by atomic mass is 35.5. The molecule has 3 aromatic carbocycles. The highest BCUT2D eigenvalue weighted by Gasteiger charge is 2.31. The van der Waals surface area contributed by atoms with E-state index >= 15 is 0 Å². The molecule has 0 N–H and O–H groups in total. The van der Waals surface area contributed by atoms with Crippen LogP contribution in [-0.4, -0.2) is 26.4 Å². The minimum atomic E-state index is -3.67. The fraction of sp³-hybridized carbons (Fsp3) is 0.167. The second-order valence-corrected chi connectivity index (χ2v) is 10.5. The van der Waals surface area contributed by atoms with Gasteiger partial charge >= 0.3 is 0 Å². The lowest BCUT2D eigenvalue weighted by atomic mass is 9.93. The molecule has 4 rings (SSSR count). The summed E-state index contributed by atoms with van der Waals surface area (Å²) in [6.45, 7) is 0.902. The third kappa shape index (κ3) is 5.56. The normalized spacial score (nSPS) is 14.5. The summed E-state index contributed by atoms with van der Waals surface area (Å²) in [6.07, 6.45) is 0. The number of hydrogen-bond acceptors (Lipinski definition) is 3. The van der Waals surface area contributed by atoms with E-state index in [1.54, 1.807) is 0 Å². The Hall–Kier alpha value is -2.25. The minimum Gasteiger partial charge on any atom is -0.284 e. The van der Waals surface area contributed by atoms with Crippen LogP contribution < -0.4 is 0 Å². The predicted molar refractivity (Wildman–Crippen MR) is 123 cm³/mol. The molecule has 0 aliphatic carbocycles. The van der Waals surface area contributed by atoms with Crippen molar-refractivity contribution in [1.82, 2.24) is 4.90 Å². The maximum atomic E-state index is 13.4. The molecule has 1 fully saturated rings. The smallest absolute Gasteiger partial charge is 0.175 e. The van der Waals surface area contributed by atoms with Gasteiger partial charge in [-0.15, -0.1) is 0 Å². The zero-order valence-electron chi connectivity index (χ0n) is 16.8. The Bertz CT molecular complexity index is 1190. The van der Waals surface area contributed by atoms with Gasteiger partial charge in [0.1, 0.15) is 11.6 Å². The van der Waals surface area contributed by atoms with E-state index in [0.717, 1.165) is 28.8 Å². The van der Waals surface area contributed by atoms with Crippen LogP contribution in [0.5, 0.6) is 0 Å². The molecular formula is C24H19Cl2F2NO2S. The van der Waals surface area contributed by atoms with Gasteiger partial charge in [0.05, 0.1) is 11.8 Å². The summed E-state index contributed by atoms with van der Waals surface area (Å²) in [5.41, 5.74) is 2.85. The van der Waals surface area contributed by atoms with Crippen LogP contribution in [-0.2, 0) is 15.6 Å². The molecule has 0 radical (unpaired) electrons. The molecular weight excluding hydrogens is 475 g/mol. The molecule has 0 spiro atoms. The Morgan fingerprint density at radius 1 is 0.844 bits per heavy atom. The van der Waals surface area contributed by atoms with E-state index in [1.165, 1.54) is 5.41 Å². The highest BCUT2D eigenvalue weighted by molar-refractivity contribution is 7.93. The van der Waals surface area contributed by atoms with Gasteiger partial charge in [-0.3, -0.25) is 4.90 Å². The topological polar surface area (TPSA) is 37.4 Å². The molecule has 0 aromatic heterocycles. The molecule has 0 atom stereocenters. The Kier molecular flexibility index (Phi) is 6.67. The summed E-state index contributed by atoms with van der Waals surface area (Å²) in [5.74, 6) is -2.05. The van der Waals surface area contributed by atoms with E-state index in [9.17, 15) is 17.2 Å². The van der Waals surface area contributed by atoms with Crippen molar-refractivity contribution in [2.75, 3.05) is 13.1 Å². The van der Waals surface area contributed by atoms with Crippen LogP contribution >= 0.6 is 23.2 Å². The van der Waals surface area contributed by atoms with Crippen molar-refractivity contribution in [2.24, 2.45) is 0 Å². The van der Waals surface area contributed by atoms with Crippen LogP contribution in [0.15, 0.2) is 77.7 Å². The number of halogens is 4. The van der Waals surface area contributed by atoms with Gasteiger partial charge in [0.15, 0.2) is 9.84 Å². The average molecular weight is 494 g/mol. The first-order valence-electron chi connectivity index (χ1n) is 9.81. The molecule has 0 amide bonds. The van der Waals surface area contributed by atoms with Gasteiger partial charge in [-0.2, -0.15) is 0 Å². The number of hydrogen-bond donors (Lipinski definition) is 0. The first-order valence-corrected chi connectivity index (χ1v) is 12.3. The molecule has 1 saturated heterocycles. The number of rotatable bonds is 6. The zero-order chi connectivity index (χ0) is 22.9. The van der Waals surface area contributed by atoms with Gasteiger partial charge < -0.3 is 0 Å². The van der Waals surface area contributed by atoms with Crippen molar-refractivity contribution >= 4 is 33.0 Å². The van der Waals surface area contributed by atoms with E-state index in [1.807, 2.05) is 48.5 Å². The van der Waals surface area contributed by atoms with Crippen LogP contribution in [0.4, 0.5) is 8.78 Å². The molecule has 1 aliphatic rings. The van der Waals surface area contributed by atoms with E-state index in [-0.39, 0.29) is 11.6 Å². The van der Waals surface area contributed by atoms with Gasteiger partial charge in [0, 0.05) is 34.6 Å². The van der Waals surface area contributed by atoms with Crippen molar-refractivity contribution in [3.05, 3.63) is 116 Å². The van der Waals surface area contributed by atoms with Crippen LogP contribution in [0, 0.1) is 11.6 Å².